The van der Waals surface area contributed by atoms with Gasteiger partial charge in [-0.3, -0.25) is 4.98 Å². The maximum atomic E-state index is 11.9. The second-order valence-corrected chi connectivity index (χ2v) is 6.58. The molecule has 0 radical (unpaired) electrons. The number of pyridine rings is 1. The molecule has 1 aromatic rings. The van der Waals surface area contributed by atoms with E-state index in [4.69, 9.17) is 4.74 Å². The van der Waals surface area contributed by atoms with E-state index >= 15 is 0 Å². The van der Waals surface area contributed by atoms with Crippen molar-refractivity contribution in [2.75, 3.05) is 6.54 Å². The predicted octanol–water partition coefficient (Wildman–Crippen LogP) is 2.47. The molecule has 1 aliphatic carbocycles. The molecular formula is C16H25N3O2. The summed E-state index contributed by atoms with van der Waals surface area (Å²) in [6, 6.07) is 4.10. The van der Waals surface area contributed by atoms with E-state index in [0.717, 1.165) is 18.7 Å². The number of carbonyl (C=O) groups is 1. The van der Waals surface area contributed by atoms with Gasteiger partial charge in [0.25, 0.3) is 0 Å². The number of hydrogen-bond acceptors (Lipinski definition) is 4. The molecule has 1 unspecified atom stereocenters. The van der Waals surface area contributed by atoms with Gasteiger partial charge >= 0.3 is 6.09 Å². The average Bonchev–Trinajstić information content (AvgIpc) is 3.21. The lowest BCUT2D eigenvalue weighted by Gasteiger charge is -2.24. The van der Waals surface area contributed by atoms with Crippen molar-refractivity contribution in [1.29, 1.82) is 0 Å². The van der Waals surface area contributed by atoms with Crippen LogP contribution in [0.15, 0.2) is 24.5 Å². The van der Waals surface area contributed by atoms with Crippen LogP contribution < -0.4 is 10.6 Å². The highest BCUT2D eigenvalue weighted by molar-refractivity contribution is 5.68. The molecule has 0 spiro atoms. The number of amides is 1. The second-order valence-electron chi connectivity index (χ2n) is 6.58. The van der Waals surface area contributed by atoms with E-state index in [1.54, 1.807) is 6.20 Å². The van der Waals surface area contributed by atoms with Gasteiger partial charge in [0, 0.05) is 31.5 Å². The van der Waals surface area contributed by atoms with E-state index in [1.807, 2.05) is 39.1 Å². The quantitative estimate of drug-likeness (QED) is 0.845. The molecule has 1 atom stereocenters. The Morgan fingerprint density at radius 1 is 1.48 bits per heavy atom. The fraction of sp³-hybridized carbons (Fsp3) is 0.625. The molecule has 0 saturated heterocycles. The number of aromatic nitrogens is 1. The zero-order valence-electron chi connectivity index (χ0n) is 13.1. The van der Waals surface area contributed by atoms with Crippen LogP contribution in [-0.2, 0) is 11.3 Å². The Morgan fingerprint density at radius 2 is 2.24 bits per heavy atom. The largest absolute Gasteiger partial charge is 0.444 e. The Kier molecular flexibility index (Phi) is 5.17. The Morgan fingerprint density at radius 3 is 2.81 bits per heavy atom. The molecule has 0 bridgehead atoms. The molecule has 1 aromatic heterocycles. The molecule has 2 rings (SSSR count). The molecule has 1 saturated carbocycles. The maximum Gasteiger partial charge on any atom is 0.407 e. The standard InChI is InChI=1S/C16H25N3O2/c1-16(2,3)21-15(20)19-14(13-6-7-13)11-18-10-12-5-4-8-17-9-12/h4-5,8-9,13-14,18H,6-7,10-11H2,1-3H3,(H,19,20). The number of nitrogens with one attached hydrogen (secondary N) is 2. The van der Waals surface area contributed by atoms with Crippen molar-refractivity contribution >= 4 is 6.09 Å². The van der Waals surface area contributed by atoms with E-state index in [9.17, 15) is 4.79 Å². The first kappa shape index (κ1) is 15.8. The Hall–Kier alpha value is -1.62. The fourth-order valence-corrected chi connectivity index (χ4v) is 2.17. The summed E-state index contributed by atoms with van der Waals surface area (Å²) in [6.45, 7) is 7.13. The SMILES string of the molecule is CC(C)(C)OC(=O)NC(CNCc1cccnc1)C1CC1. The highest BCUT2D eigenvalue weighted by Gasteiger charge is 2.33. The smallest absolute Gasteiger partial charge is 0.407 e. The van der Waals surface area contributed by atoms with E-state index in [1.165, 1.54) is 12.8 Å². The molecule has 1 heterocycles. The van der Waals surface area contributed by atoms with Crippen LogP contribution >= 0.6 is 0 Å². The Labute approximate surface area is 126 Å². The summed E-state index contributed by atoms with van der Waals surface area (Å²) in [5, 5.41) is 6.36. The summed E-state index contributed by atoms with van der Waals surface area (Å²) in [7, 11) is 0. The van der Waals surface area contributed by atoms with Crippen molar-refractivity contribution in [3.63, 3.8) is 0 Å². The van der Waals surface area contributed by atoms with E-state index in [2.05, 4.69) is 15.6 Å². The zero-order chi connectivity index (χ0) is 15.3. The Balaban J connectivity index is 1.76. The van der Waals surface area contributed by atoms with Gasteiger partial charge in [0.05, 0.1) is 0 Å². The van der Waals surface area contributed by atoms with Gasteiger partial charge in [0.1, 0.15) is 5.60 Å². The first-order valence-corrected chi connectivity index (χ1v) is 7.53. The van der Waals surface area contributed by atoms with Gasteiger partial charge in [-0.2, -0.15) is 0 Å². The summed E-state index contributed by atoms with van der Waals surface area (Å²) < 4.78 is 5.32. The summed E-state index contributed by atoms with van der Waals surface area (Å²) in [5.41, 5.74) is 0.686. The average molecular weight is 291 g/mol. The molecule has 1 aliphatic rings. The molecule has 5 heteroatoms. The van der Waals surface area contributed by atoms with Crippen LogP contribution in [0.25, 0.3) is 0 Å². The molecule has 5 nitrogen and oxygen atoms in total. The minimum absolute atomic E-state index is 0.136. The number of ether oxygens (including phenoxy) is 1. The molecule has 2 N–H and O–H groups in total. The van der Waals surface area contributed by atoms with Gasteiger partial charge in [-0.15, -0.1) is 0 Å². The zero-order valence-corrected chi connectivity index (χ0v) is 13.1. The molecule has 0 aliphatic heterocycles. The van der Waals surface area contributed by atoms with Gasteiger partial charge in [0.15, 0.2) is 0 Å². The van der Waals surface area contributed by atoms with Crippen molar-refractivity contribution in [3.8, 4) is 0 Å². The number of hydrogen-bond donors (Lipinski definition) is 2. The first-order valence-electron chi connectivity index (χ1n) is 7.53. The molecule has 1 fully saturated rings. The fourth-order valence-electron chi connectivity index (χ4n) is 2.17. The molecular weight excluding hydrogens is 266 g/mol. The monoisotopic (exact) mass is 291 g/mol. The highest BCUT2D eigenvalue weighted by Crippen LogP contribution is 2.32. The van der Waals surface area contributed by atoms with Crippen molar-refractivity contribution in [2.24, 2.45) is 5.92 Å². The van der Waals surface area contributed by atoms with Gasteiger partial charge in [0.2, 0.25) is 0 Å². The second kappa shape index (κ2) is 6.89. The van der Waals surface area contributed by atoms with Crippen molar-refractivity contribution in [3.05, 3.63) is 30.1 Å². The van der Waals surface area contributed by atoms with Crippen LogP contribution in [0.4, 0.5) is 4.79 Å². The molecule has 0 aromatic carbocycles. The molecule has 21 heavy (non-hydrogen) atoms. The highest BCUT2D eigenvalue weighted by atomic mass is 16.6. The van der Waals surface area contributed by atoms with Crippen molar-refractivity contribution < 1.29 is 9.53 Å². The van der Waals surface area contributed by atoms with Crippen LogP contribution in [0.1, 0.15) is 39.2 Å². The normalized spacial score (nSPS) is 16.3. The Bertz CT molecular complexity index is 452. The topological polar surface area (TPSA) is 63.2 Å². The van der Waals surface area contributed by atoms with Gasteiger partial charge in [-0.25, -0.2) is 4.79 Å². The third-order valence-electron chi connectivity index (χ3n) is 3.31. The number of alkyl carbamates (subject to hydrolysis) is 1. The van der Waals surface area contributed by atoms with Crippen LogP contribution in [0.3, 0.4) is 0 Å². The summed E-state index contributed by atoms with van der Waals surface area (Å²) in [5.74, 6) is 0.568. The minimum atomic E-state index is -0.457. The lowest BCUT2D eigenvalue weighted by molar-refractivity contribution is 0.0497. The molecule has 116 valence electrons. The molecule has 1 amide bonds. The van der Waals surface area contributed by atoms with Crippen molar-refractivity contribution in [1.82, 2.24) is 15.6 Å². The van der Waals surface area contributed by atoms with E-state index in [0.29, 0.717) is 5.92 Å². The number of carbonyl (C=O) groups excluding carboxylic acids is 1. The number of rotatable bonds is 6. The van der Waals surface area contributed by atoms with Crippen molar-refractivity contribution in [2.45, 2.75) is 51.8 Å². The van der Waals surface area contributed by atoms with Crippen LogP contribution in [0.5, 0.6) is 0 Å². The first-order chi connectivity index (χ1) is 9.94. The van der Waals surface area contributed by atoms with Crippen LogP contribution in [-0.4, -0.2) is 29.3 Å². The van der Waals surface area contributed by atoms with E-state index < -0.39 is 5.60 Å². The van der Waals surface area contributed by atoms with Gasteiger partial charge in [-0.05, 0) is 51.2 Å². The van der Waals surface area contributed by atoms with Crippen LogP contribution in [0, 0.1) is 5.92 Å². The van der Waals surface area contributed by atoms with Crippen LogP contribution in [0.2, 0.25) is 0 Å². The van der Waals surface area contributed by atoms with E-state index in [-0.39, 0.29) is 12.1 Å². The van der Waals surface area contributed by atoms with Gasteiger partial charge in [-0.1, -0.05) is 6.07 Å². The third kappa shape index (κ3) is 6.12. The lowest BCUT2D eigenvalue weighted by atomic mass is 10.2. The predicted molar refractivity (Wildman–Crippen MR) is 81.8 cm³/mol. The summed E-state index contributed by atoms with van der Waals surface area (Å²) >= 11 is 0. The lowest BCUT2D eigenvalue weighted by Crippen LogP contribution is -2.45. The van der Waals surface area contributed by atoms with Gasteiger partial charge < -0.3 is 15.4 Å². The third-order valence-corrected chi connectivity index (χ3v) is 3.31. The summed E-state index contributed by atoms with van der Waals surface area (Å²) in [6.07, 6.45) is 5.63. The summed E-state index contributed by atoms with van der Waals surface area (Å²) in [4.78, 5) is 16.0. The maximum absolute atomic E-state index is 11.9. The minimum Gasteiger partial charge on any atom is -0.444 e. The number of nitrogens with zero attached hydrogens (tertiary/aromatic N) is 1.